The average Bonchev–Trinajstić information content (AvgIpc) is 2.72. The first-order valence-electron chi connectivity index (χ1n) is 7.08. The molecular formula is C15H25ClN2S. The van der Waals surface area contributed by atoms with Gasteiger partial charge in [-0.15, -0.1) is 11.3 Å². The van der Waals surface area contributed by atoms with Gasteiger partial charge in [0.1, 0.15) is 0 Å². The van der Waals surface area contributed by atoms with Gasteiger partial charge in [0.05, 0.1) is 4.34 Å². The van der Waals surface area contributed by atoms with Gasteiger partial charge in [0.15, 0.2) is 0 Å². The highest BCUT2D eigenvalue weighted by Crippen LogP contribution is 2.25. The summed E-state index contributed by atoms with van der Waals surface area (Å²) in [5.74, 6) is 0. The molecule has 0 spiro atoms. The Kier molecular flexibility index (Phi) is 4.93. The van der Waals surface area contributed by atoms with Gasteiger partial charge < -0.3 is 5.32 Å². The highest BCUT2D eigenvalue weighted by Gasteiger charge is 2.31. The summed E-state index contributed by atoms with van der Waals surface area (Å²) in [5, 5.41) is 3.68. The van der Waals surface area contributed by atoms with Gasteiger partial charge in [0.2, 0.25) is 0 Å². The number of hydrogen-bond donors (Lipinski definition) is 1. The molecule has 1 aliphatic rings. The lowest BCUT2D eigenvalue weighted by Gasteiger charge is -2.44. The van der Waals surface area contributed by atoms with E-state index in [4.69, 9.17) is 11.6 Å². The monoisotopic (exact) mass is 300 g/mol. The predicted molar refractivity (Wildman–Crippen MR) is 85.3 cm³/mol. The second kappa shape index (κ2) is 6.13. The van der Waals surface area contributed by atoms with E-state index in [0.29, 0.717) is 17.5 Å². The molecule has 0 aromatic carbocycles. The Balaban J connectivity index is 1.90. The number of nitrogens with one attached hydrogen (secondary N) is 1. The Labute approximate surface area is 126 Å². The first-order valence-corrected chi connectivity index (χ1v) is 8.27. The van der Waals surface area contributed by atoms with E-state index in [0.717, 1.165) is 30.4 Å². The maximum atomic E-state index is 5.99. The molecule has 1 aromatic rings. The van der Waals surface area contributed by atoms with Gasteiger partial charge in [-0.3, -0.25) is 4.90 Å². The van der Waals surface area contributed by atoms with E-state index in [9.17, 15) is 0 Å². The van der Waals surface area contributed by atoms with Crippen molar-refractivity contribution in [1.29, 1.82) is 0 Å². The lowest BCUT2D eigenvalue weighted by molar-refractivity contribution is 0.0950. The van der Waals surface area contributed by atoms with Crippen molar-refractivity contribution >= 4 is 22.9 Å². The largest absolute Gasteiger partial charge is 0.311 e. The van der Waals surface area contributed by atoms with E-state index in [1.165, 1.54) is 4.88 Å². The smallest absolute Gasteiger partial charge is 0.0931 e. The molecule has 1 fully saturated rings. The van der Waals surface area contributed by atoms with Gasteiger partial charge in [-0.1, -0.05) is 32.4 Å². The highest BCUT2D eigenvalue weighted by atomic mass is 35.5. The van der Waals surface area contributed by atoms with E-state index in [-0.39, 0.29) is 0 Å². The maximum Gasteiger partial charge on any atom is 0.0931 e. The molecule has 1 saturated heterocycles. The molecule has 0 saturated carbocycles. The van der Waals surface area contributed by atoms with Crippen molar-refractivity contribution in [3.63, 3.8) is 0 Å². The van der Waals surface area contributed by atoms with Crippen molar-refractivity contribution in [2.75, 3.05) is 19.6 Å². The Morgan fingerprint density at radius 3 is 2.74 bits per heavy atom. The Hall–Kier alpha value is -0.0900. The van der Waals surface area contributed by atoms with Crippen molar-refractivity contribution in [3.8, 4) is 0 Å². The Morgan fingerprint density at radius 1 is 1.42 bits per heavy atom. The quantitative estimate of drug-likeness (QED) is 0.916. The number of hydrogen-bond acceptors (Lipinski definition) is 3. The minimum absolute atomic E-state index is 0.324. The molecule has 0 radical (unpaired) electrons. The second-order valence-corrected chi connectivity index (χ2v) is 8.43. The lowest BCUT2D eigenvalue weighted by atomic mass is 9.85. The van der Waals surface area contributed by atoms with E-state index in [1.54, 1.807) is 11.3 Å². The summed E-state index contributed by atoms with van der Waals surface area (Å²) in [4.78, 5) is 4.00. The van der Waals surface area contributed by atoms with Crippen molar-refractivity contribution in [2.45, 2.75) is 46.2 Å². The van der Waals surface area contributed by atoms with Crippen LogP contribution >= 0.6 is 22.9 Å². The zero-order valence-electron chi connectivity index (χ0n) is 12.4. The maximum absolute atomic E-state index is 5.99. The standard InChI is InChI=1S/C15H25ClN2S/c1-11-9-17-13(15(2,3)4)10-18(11)8-7-12-5-6-14(16)19-12/h5-6,11,13,17H,7-10H2,1-4H3. The van der Waals surface area contributed by atoms with Gasteiger partial charge in [-0.25, -0.2) is 0 Å². The van der Waals surface area contributed by atoms with Crippen molar-refractivity contribution in [3.05, 3.63) is 21.3 Å². The molecule has 0 amide bonds. The van der Waals surface area contributed by atoms with Crippen LogP contribution in [0.5, 0.6) is 0 Å². The third-order valence-electron chi connectivity index (χ3n) is 4.02. The fraction of sp³-hybridized carbons (Fsp3) is 0.733. The molecule has 2 heterocycles. The molecule has 19 heavy (non-hydrogen) atoms. The van der Waals surface area contributed by atoms with Crippen LogP contribution in [0.1, 0.15) is 32.6 Å². The minimum Gasteiger partial charge on any atom is -0.311 e. The number of piperazine rings is 1. The zero-order chi connectivity index (χ0) is 14.0. The topological polar surface area (TPSA) is 15.3 Å². The summed E-state index contributed by atoms with van der Waals surface area (Å²) >= 11 is 7.70. The van der Waals surface area contributed by atoms with E-state index >= 15 is 0 Å². The molecule has 1 aromatic heterocycles. The third-order valence-corrected chi connectivity index (χ3v) is 5.31. The SMILES string of the molecule is CC1CNC(C(C)(C)C)CN1CCc1ccc(Cl)s1. The highest BCUT2D eigenvalue weighted by molar-refractivity contribution is 7.16. The molecule has 2 unspecified atom stereocenters. The molecule has 2 nitrogen and oxygen atoms in total. The van der Waals surface area contributed by atoms with Crippen LogP contribution in [-0.4, -0.2) is 36.6 Å². The van der Waals surface area contributed by atoms with E-state index in [2.05, 4.69) is 44.0 Å². The fourth-order valence-electron chi connectivity index (χ4n) is 2.55. The predicted octanol–water partition coefficient (Wildman–Crippen LogP) is 3.65. The number of thiophene rings is 1. The average molecular weight is 301 g/mol. The first kappa shape index (κ1) is 15.3. The van der Waals surface area contributed by atoms with Crippen molar-refractivity contribution in [1.82, 2.24) is 10.2 Å². The van der Waals surface area contributed by atoms with Crippen LogP contribution in [0, 0.1) is 5.41 Å². The molecule has 0 bridgehead atoms. The molecule has 4 heteroatoms. The molecule has 2 rings (SSSR count). The Morgan fingerprint density at radius 2 is 2.16 bits per heavy atom. The molecule has 1 N–H and O–H groups in total. The Bertz CT molecular complexity index is 411. The first-order chi connectivity index (χ1) is 8.86. The van der Waals surface area contributed by atoms with Gasteiger partial charge in [-0.05, 0) is 30.9 Å². The van der Waals surface area contributed by atoms with Crippen LogP contribution in [-0.2, 0) is 6.42 Å². The summed E-state index contributed by atoms with van der Waals surface area (Å²) in [5.41, 5.74) is 0.324. The summed E-state index contributed by atoms with van der Waals surface area (Å²) in [6.45, 7) is 12.6. The molecule has 2 atom stereocenters. The van der Waals surface area contributed by atoms with Crippen LogP contribution in [0.4, 0.5) is 0 Å². The number of nitrogens with zero attached hydrogens (tertiary/aromatic N) is 1. The van der Waals surface area contributed by atoms with Crippen molar-refractivity contribution < 1.29 is 0 Å². The van der Waals surface area contributed by atoms with Gasteiger partial charge in [0.25, 0.3) is 0 Å². The molecular weight excluding hydrogens is 276 g/mol. The molecule has 108 valence electrons. The van der Waals surface area contributed by atoms with Gasteiger partial charge in [0, 0.05) is 36.6 Å². The van der Waals surface area contributed by atoms with Crippen LogP contribution in [0.25, 0.3) is 0 Å². The van der Waals surface area contributed by atoms with Gasteiger partial charge >= 0.3 is 0 Å². The van der Waals surface area contributed by atoms with Crippen LogP contribution in [0.2, 0.25) is 4.34 Å². The minimum atomic E-state index is 0.324. The summed E-state index contributed by atoms with van der Waals surface area (Å²) < 4.78 is 0.899. The van der Waals surface area contributed by atoms with E-state index in [1.807, 2.05) is 6.07 Å². The lowest BCUT2D eigenvalue weighted by Crippen LogP contribution is -2.59. The molecule has 0 aliphatic carbocycles. The summed E-state index contributed by atoms with van der Waals surface area (Å²) in [7, 11) is 0. The van der Waals surface area contributed by atoms with Crippen LogP contribution < -0.4 is 5.32 Å². The van der Waals surface area contributed by atoms with Gasteiger partial charge in [-0.2, -0.15) is 0 Å². The fourth-order valence-corrected chi connectivity index (χ4v) is 3.63. The second-order valence-electron chi connectivity index (χ2n) is 6.63. The molecule has 1 aliphatic heterocycles. The van der Waals surface area contributed by atoms with Crippen LogP contribution in [0.15, 0.2) is 12.1 Å². The van der Waals surface area contributed by atoms with E-state index < -0.39 is 0 Å². The van der Waals surface area contributed by atoms with Crippen LogP contribution in [0.3, 0.4) is 0 Å². The number of halogens is 1. The summed E-state index contributed by atoms with van der Waals surface area (Å²) in [6.07, 6.45) is 1.11. The third kappa shape index (κ3) is 4.19. The normalized spacial score (nSPS) is 25.7. The summed E-state index contributed by atoms with van der Waals surface area (Å²) in [6, 6.07) is 5.35. The van der Waals surface area contributed by atoms with Crippen molar-refractivity contribution in [2.24, 2.45) is 5.41 Å². The number of rotatable bonds is 3. The zero-order valence-corrected chi connectivity index (χ0v) is 13.9.